The fraction of sp³-hybridized carbons (Fsp3) is 1.00. The molecule has 1 aliphatic carbocycles. The van der Waals surface area contributed by atoms with Gasteiger partial charge >= 0.3 is 5.51 Å². The van der Waals surface area contributed by atoms with E-state index in [4.69, 9.17) is 11.6 Å². The van der Waals surface area contributed by atoms with Gasteiger partial charge in [-0.3, -0.25) is 0 Å². The fourth-order valence-corrected chi connectivity index (χ4v) is 1.97. The molecular formula is C8H13ClF3NS. The molecule has 1 rings (SSSR count). The van der Waals surface area contributed by atoms with Crippen molar-refractivity contribution in [3.8, 4) is 0 Å². The second kappa shape index (κ2) is 4.94. The standard InChI is InChI=1S/C8H13ClF3NS/c9-5-7(1-2-7)6-13-3-4-14-8(10,11)12/h13H,1-6H2. The van der Waals surface area contributed by atoms with Crippen molar-refractivity contribution in [2.75, 3.05) is 24.7 Å². The molecule has 1 aliphatic rings. The van der Waals surface area contributed by atoms with Crippen LogP contribution in [0.15, 0.2) is 0 Å². The minimum atomic E-state index is -4.11. The summed E-state index contributed by atoms with van der Waals surface area (Å²) in [5.41, 5.74) is -3.92. The van der Waals surface area contributed by atoms with E-state index in [1.807, 2.05) is 0 Å². The van der Waals surface area contributed by atoms with Crippen LogP contribution in [0.1, 0.15) is 12.8 Å². The van der Waals surface area contributed by atoms with Gasteiger partial charge in [0.05, 0.1) is 0 Å². The molecule has 84 valence electrons. The van der Waals surface area contributed by atoms with E-state index in [1.54, 1.807) is 0 Å². The maximum absolute atomic E-state index is 11.7. The highest BCUT2D eigenvalue weighted by Gasteiger charge is 2.41. The lowest BCUT2D eigenvalue weighted by atomic mass is 10.1. The minimum Gasteiger partial charge on any atom is -0.315 e. The molecule has 1 nitrogen and oxygen atoms in total. The molecule has 14 heavy (non-hydrogen) atoms. The quantitative estimate of drug-likeness (QED) is 0.572. The Labute approximate surface area is 90.8 Å². The van der Waals surface area contributed by atoms with E-state index in [9.17, 15) is 13.2 Å². The molecule has 0 saturated heterocycles. The van der Waals surface area contributed by atoms with Crippen LogP contribution in [0.5, 0.6) is 0 Å². The molecule has 0 atom stereocenters. The third-order valence-electron chi connectivity index (χ3n) is 2.29. The van der Waals surface area contributed by atoms with Crippen LogP contribution >= 0.6 is 23.4 Å². The average molecular weight is 248 g/mol. The Kier molecular flexibility index (Phi) is 4.40. The first-order valence-electron chi connectivity index (χ1n) is 4.45. The maximum atomic E-state index is 11.7. The Balaban J connectivity index is 1.95. The molecule has 0 amide bonds. The predicted molar refractivity (Wildman–Crippen MR) is 53.8 cm³/mol. The van der Waals surface area contributed by atoms with Gasteiger partial charge in [0, 0.05) is 24.7 Å². The lowest BCUT2D eigenvalue weighted by Crippen LogP contribution is -2.27. The summed E-state index contributed by atoms with van der Waals surface area (Å²) in [4.78, 5) is 0. The van der Waals surface area contributed by atoms with Crippen LogP contribution in [0.2, 0.25) is 0 Å². The monoisotopic (exact) mass is 247 g/mol. The van der Waals surface area contributed by atoms with Gasteiger partial charge in [-0.15, -0.1) is 11.6 Å². The van der Waals surface area contributed by atoms with Crippen molar-refractivity contribution < 1.29 is 13.2 Å². The molecule has 0 spiro atoms. The first-order valence-corrected chi connectivity index (χ1v) is 5.97. The number of halogens is 4. The van der Waals surface area contributed by atoms with Crippen LogP contribution in [-0.4, -0.2) is 30.2 Å². The number of hydrogen-bond donors (Lipinski definition) is 1. The first kappa shape index (κ1) is 12.5. The Hall–Kier alpha value is 0.390. The highest BCUT2D eigenvalue weighted by molar-refractivity contribution is 8.00. The van der Waals surface area contributed by atoms with Gasteiger partial charge in [-0.1, -0.05) is 0 Å². The van der Waals surface area contributed by atoms with Crippen molar-refractivity contribution in [2.45, 2.75) is 18.3 Å². The highest BCUT2D eigenvalue weighted by Crippen LogP contribution is 2.45. The molecular weight excluding hydrogens is 235 g/mol. The van der Waals surface area contributed by atoms with Gasteiger partial charge in [0.25, 0.3) is 0 Å². The van der Waals surface area contributed by atoms with Gasteiger partial charge in [0.15, 0.2) is 0 Å². The van der Waals surface area contributed by atoms with E-state index in [-0.39, 0.29) is 22.9 Å². The van der Waals surface area contributed by atoms with Gasteiger partial charge in [-0.2, -0.15) is 13.2 Å². The molecule has 0 bridgehead atoms. The van der Waals surface area contributed by atoms with Crippen molar-refractivity contribution in [1.29, 1.82) is 0 Å². The molecule has 1 saturated carbocycles. The van der Waals surface area contributed by atoms with Gasteiger partial charge in [0.2, 0.25) is 0 Å². The summed E-state index contributed by atoms with van der Waals surface area (Å²) < 4.78 is 35.1. The summed E-state index contributed by atoms with van der Waals surface area (Å²) in [7, 11) is 0. The molecule has 0 aromatic rings. The van der Waals surface area contributed by atoms with Crippen molar-refractivity contribution in [3.63, 3.8) is 0 Å². The second-order valence-corrected chi connectivity index (χ2v) is 5.03. The van der Waals surface area contributed by atoms with E-state index in [0.717, 1.165) is 19.4 Å². The molecule has 0 heterocycles. The summed E-state index contributed by atoms with van der Waals surface area (Å²) in [6, 6.07) is 0. The van der Waals surface area contributed by atoms with Crippen LogP contribution in [0.25, 0.3) is 0 Å². The van der Waals surface area contributed by atoms with Crippen molar-refractivity contribution in [3.05, 3.63) is 0 Å². The number of rotatable bonds is 6. The number of nitrogens with one attached hydrogen (secondary N) is 1. The zero-order valence-electron chi connectivity index (χ0n) is 7.66. The molecule has 0 unspecified atom stereocenters. The maximum Gasteiger partial charge on any atom is 0.441 e. The summed E-state index contributed by atoms with van der Waals surface area (Å²) >= 11 is 5.73. The van der Waals surface area contributed by atoms with Gasteiger partial charge in [-0.05, 0) is 30.0 Å². The Morgan fingerprint density at radius 1 is 1.36 bits per heavy atom. The minimum absolute atomic E-state index is 0.0167. The zero-order valence-corrected chi connectivity index (χ0v) is 9.24. The average Bonchev–Trinajstić information content (AvgIpc) is 2.83. The summed E-state index contributed by atoms with van der Waals surface area (Å²) in [5.74, 6) is 0.675. The first-order chi connectivity index (χ1) is 6.47. The lowest BCUT2D eigenvalue weighted by Gasteiger charge is -2.12. The highest BCUT2D eigenvalue weighted by atomic mass is 35.5. The Morgan fingerprint density at radius 3 is 2.43 bits per heavy atom. The summed E-state index contributed by atoms with van der Waals surface area (Å²) in [5, 5.41) is 3.01. The van der Waals surface area contributed by atoms with E-state index >= 15 is 0 Å². The molecule has 1 fully saturated rings. The van der Waals surface area contributed by atoms with E-state index in [1.165, 1.54) is 0 Å². The zero-order chi connectivity index (χ0) is 10.7. The van der Waals surface area contributed by atoms with Gasteiger partial charge in [-0.25, -0.2) is 0 Å². The SMILES string of the molecule is FC(F)(F)SCCNCC1(CCl)CC1. The Bertz CT molecular complexity index is 182. The molecule has 0 aromatic carbocycles. The Morgan fingerprint density at radius 2 is 2.00 bits per heavy atom. The van der Waals surface area contributed by atoms with E-state index in [0.29, 0.717) is 12.4 Å². The van der Waals surface area contributed by atoms with Crippen molar-refractivity contribution in [1.82, 2.24) is 5.32 Å². The van der Waals surface area contributed by atoms with Crippen molar-refractivity contribution in [2.24, 2.45) is 5.41 Å². The number of hydrogen-bond acceptors (Lipinski definition) is 2. The molecule has 0 radical (unpaired) electrons. The van der Waals surface area contributed by atoms with Crippen LogP contribution < -0.4 is 5.32 Å². The lowest BCUT2D eigenvalue weighted by molar-refractivity contribution is -0.0327. The van der Waals surface area contributed by atoms with Crippen LogP contribution in [-0.2, 0) is 0 Å². The largest absolute Gasteiger partial charge is 0.441 e. The molecule has 1 N–H and O–H groups in total. The fourth-order valence-electron chi connectivity index (χ4n) is 1.13. The number of thioether (sulfide) groups is 1. The van der Waals surface area contributed by atoms with E-state index in [2.05, 4.69) is 5.32 Å². The molecule has 0 aromatic heterocycles. The van der Waals surface area contributed by atoms with Gasteiger partial charge in [0.1, 0.15) is 0 Å². The predicted octanol–water partition coefficient (Wildman–Crippen LogP) is 2.85. The van der Waals surface area contributed by atoms with E-state index < -0.39 is 5.51 Å². The summed E-state index contributed by atoms with van der Waals surface area (Å²) in [6.07, 6.45) is 2.19. The third-order valence-corrected chi connectivity index (χ3v) is 3.59. The summed E-state index contributed by atoms with van der Waals surface area (Å²) in [6.45, 7) is 1.14. The topological polar surface area (TPSA) is 12.0 Å². The molecule has 6 heteroatoms. The third kappa shape index (κ3) is 4.75. The van der Waals surface area contributed by atoms with Crippen LogP contribution in [0.4, 0.5) is 13.2 Å². The van der Waals surface area contributed by atoms with Crippen molar-refractivity contribution >= 4 is 23.4 Å². The second-order valence-electron chi connectivity index (χ2n) is 3.60. The van der Waals surface area contributed by atoms with Crippen LogP contribution in [0, 0.1) is 5.41 Å². The smallest absolute Gasteiger partial charge is 0.315 e. The number of alkyl halides is 4. The molecule has 0 aliphatic heterocycles. The normalized spacial score (nSPS) is 19.7. The van der Waals surface area contributed by atoms with Gasteiger partial charge < -0.3 is 5.32 Å². The van der Waals surface area contributed by atoms with Crippen LogP contribution in [0.3, 0.4) is 0 Å².